The highest BCUT2D eigenvalue weighted by atomic mass is 32.2. The van der Waals surface area contributed by atoms with Gasteiger partial charge in [0.05, 0.1) is 0 Å². The second-order valence-electron chi connectivity index (χ2n) is 5.75. The van der Waals surface area contributed by atoms with Crippen LogP contribution in [-0.4, -0.2) is 69.5 Å². The molecule has 112 valence electrons. The molecule has 0 aromatic heterocycles. The smallest absolute Gasteiger partial charge is 0.279 e. The largest absolute Gasteiger partial charge is 0.314 e. The van der Waals surface area contributed by atoms with Crippen molar-refractivity contribution in [2.75, 3.05) is 45.8 Å². The number of hydrogen-bond acceptors (Lipinski definition) is 4. The summed E-state index contributed by atoms with van der Waals surface area (Å²) in [6, 6.07) is 0.551. The number of rotatable bonds is 5. The first-order valence-corrected chi connectivity index (χ1v) is 8.62. The van der Waals surface area contributed by atoms with Crippen molar-refractivity contribution >= 4 is 10.2 Å². The van der Waals surface area contributed by atoms with Gasteiger partial charge in [-0.3, -0.25) is 0 Å². The number of nitrogens with one attached hydrogen (secondary N) is 2. The van der Waals surface area contributed by atoms with Gasteiger partial charge in [-0.2, -0.15) is 12.7 Å². The maximum Gasteiger partial charge on any atom is 0.279 e. The summed E-state index contributed by atoms with van der Waals surface area (Å²) in [6.45, 7) is 9.64. The third kappa shape index (κ3) is 4.13. The molecule has 0 aromatic rings. The lowest BCUT2D eigenvalue weighted by Crippen LogP contribution is -2.51. The monoisotopic (exact) mass is 290 g/mol. The van der Waals surface area contributed by atoms with E-state index in [1.165, 1.54) is 0 Å². The lowest BCUT2D eigenvalue weighted by molar-refractivity contribution is 0.265. The molecule has 0 spiro atoms. The van der Waals surface area contributed by atoms with E-state index in [2.05, 4.69) is 28.8 Å². The minimum absolute atomic E-state index is 0.445. The standard InChI is InChI=1S/C12H26N4O2S/c1-11(2)15-6-3-12(10-15)9-14-19(17,18)16-7-4-13-5-8-16/h11-14H,3-10H2,1-2H3. The highest BCUT2D eigenvalue weighted by Crippen LogP contribution is 2.18. The second kappa shape index (κ2) is 6.49. The van der Waals surface area contributed by atoms with Crippen molar-refractivity contribution in [3.8, 4) is 0 Å². The van der Waals surface area contributed by atoms with Gasteiger partial charge in [0.2, 0.25) is 0 Å². The lowest BCUT2D eigenvalue weighted by Gasteiger charge is -2.27. The first-order valence-electron chi connectivity index (χ1n) is 7.18. The molecular weight excluding hydrogens is 264 g/mol. The lowest BCUT2D eigenvalue weighted by atomic mass is 10.1. The molecule has 2 fully saturated rings. The molecule has 1 unspecified atom stereocenters. The molecule has 0 saturated carbocycles. The zero-order valence-corrected chi connectivity index (χ0v) is 12.7. The van der Waals surface area contributed by atoms with E-state index >= 15 is 0 Å². The molecule has 1 atom stereocenters. The van der Waals surface area contributed by atoms with Gasteiger partial charge in [-0.15, -0.1) is 0 Å². The Morgan fingerprint density at radius 3 is 2.53 bits per heavy atom. The fourth-order valence-corrected chi connectivity index (χ4v) is 3.99. The molecule has 19 heavy (non-hydrogen) atoms. The van der Waals surface area contributed by atoms with Crippen LogP contribution in [0.15, 0.2) is 0 Å². The average Bonchev–Trinajstić information content (AvgIpc) is 2.87. The van der Waals surface area contributed by atoms with Gasteiger partial charge >= 0.3 is 0 Å². The maximum atomic E-state index is 12.1. The van der Waals surface area contributed by atoms with Gasteiger partial charge in [0.15, 0.2) is 0 Å². The minimum atomic E-state index is -3.28. The fraction of sp³-hybridized carbons (Fsp3) is 1.00. The van der Waals surface area contributed by atoms with E-state index in [1.807, 2.05) is 0 Å². The summed E-state index contributed by atoms with van der Waals surface area (Å²) in [6.07, 6.45) is 1.09. The first kappa shape index (κ1) is 15.2. The molecule has 0 aromatic carbocycles. The molecular formula is C12H26N4O2S. The summed E-state index contributed by atoms with van der Waals surface area (Å²) in [5.74, 6) is 0.445. The molecule has 2 aliphatic rings. The Balaban J connectivity index is 1.78. The molecule has 6 nitrogen and oxygen atoms in total. The Morgan fingerprint density at radius 2 is 1.95 bits per heavy atom. The topological polar surface area (TPSA) is 64.7 Å². The van der Waals surface area contributed by atoms with E-state index in [0.29, 0.717) is 31.6 Å². The van der Waals surface area contributed by atoms with E-state index < -0.39 is 10.2 Å². The van der Waals surface area contributed by atoms with Crippen molar-refractivity contribution in [1.29, 1.82) is 0 Å². The van der Waals surface area contributed by atoms with Crippen LogP contribution in [-0.2, 0) is 10.2 Å². The van der Waals surface area contributed by atoms with Crippen LogP contribution in [0.1, 0.15) is 20.3 Å². The van der Waals surface area contributed by atoms with Gasteiger partial charge in [-0.25, -0.2) is 4.72 Å². The summed E-state index contributed by atoms with van der Waals surface area (Å²) in [5.41, 5.74) is 0. The van der Waals surface area contributed by atoms with Crippen LogP contribution in [0, 0.1) is 5.92 Å². The van der Waals surface area contributed by atoms with Gasteiger partial charge in [-0.1, -0.05) is 0 Å². The van der Waals surface area contributed by atoms with Crippen LogP contribution in [0.4, 0.5) is 0 Å². The van der Waals surface area contributed by atoms with Crippen LogP contribution in [0.2, 0.25) is 0 Å². The van der Waals surface area contributed by atoms with Gasteiger partial charge in [0.1, 0.15) is 0 Å². The number of nitrogens with zero attached hydrogens (tertiary/aromatic N) is 2. The third-order valence-corrected chi connectivity index (χ3v) is 5.59. The zero-order chi connectivity index (χ0) is 13.9. The van der Waals surface area contributed by atoms with Crippen LogP contribution in [0.25, 0.3) is 0 Å². The highest BCUT2D eigenvalue weighted by molar-refractivity contribution is 7.87. The van der Waals surface area contributed by atoms with Crippen molar-refractivity contribution < 1.29 is 8.42 Å². The van der Waals surface area contributed by atoms with Crippen LogP contribution in [0.3, 0.4) is 0 Å². The predicted octanol–water partition coefficient (Wildman–Crippen LogP) is -0.544. The highest BCUT2D eigenvalue weighted by Gasteiger charge is 2.28. The Bertz CT molecular complexity index is 379. The maximum absolute atomic E-state index is 12.1. The Labute approximate surface area is 116 Å². The number of likely N-dealkylation sites (tertiary alicyclic amines) is 1. The molecule has 0 amide bonds. The summed E-state index contributed by atoms with van der Waals surface area (Å²) in [7, 11) is -3.28. The first-order chi connectivity index (χ1) is 8.99. The predicted molar refractivity (Wildman–Crippen MR) is 76.2 cm³/mol. The van der Waals surface area contributed by atoms with E-state index in [4.69, 9.17) is 0 Å². The Morgan fingerprint density at radius 1 is 1.26 bits per heavy atom. The zero-order valence-electron chi connectivity index (χ0n) is 11.9. The third-order valence-electron chi connectivity index (χ3n) is 4.02. The fourth-order valence-electron chi connectivity index (χ4n) is 2.70. The van der Waals surface area contributed by atoms with E-state index in [-0.39, 0.29) is 0 Å². The summed E-state index contributed by atoms with van der Waals surface area (Å²) >= 11 is 0. The average molecular weight is 290 g/mol. The molecule has 2 saturated heterocycles. The summed E-state index contributed by atoms with van der Waals surface area (Å²) < 4.78 is 28.6. The van der Waals surface area contributed by atoms with Crippen molar-refractivity contribution in [1.82, 2.24) is 19.2 Å². The Hall–Kier alpha value is -0.210. The van der Waals surface area contributed by atoms with Crippen molar-refractivity contribution in [2.45, 2.75) is 26.3 Å². The minimum Gasteiger partial charge on any atom is -0.314 e. The van der Waals surface area contributed by atoms with E-state index in [9.17, 15) is 8.42 Å². The van der Waals surface area contributed by atoms with Gasteiger partial charge in [-0.05, 0) is 32.7 Å². The second-order valence-corrected chi connectivity index (χ2v) is 7.50. The quantitative estimate of drug-likeness (QED) is 0.713. The summed E-state index contributed by atoms with van der Waals surface area (Å²) in [4.78, 5) is 2.41. The molecule has 2 N–H and O–H groups in total. The molecule has 0 aliphatic carbocycles. The van der Waals surface area contributed by atoms with Gasteiger partial charge in [0.25, 0.3) is 10.2 Å². The molecule has 0 radical (unpaired) electrons. The number of hydrogen-bond donors (Lipinski definition) is 2. The van der Waals surface area contributed by atoms with Crippen LogP contribution >= 0.6 is 0 Å². The molecule has 2 aliphatic heterocycles. The van der Waals surface area contributed by atoms with Crippen LogP contribution in [0.5, 0.6) is 0 Å². The number of piperazine rings is 1. The van der Waals surface area contributed by atoms with Gasteiger partial charge < -0.3 is 10.2 Å². The normalized spacial score (nSPS) is 27.2. The Kier molecular flexibility index (Phi) is 5.19. The molecule has 0 bridgehead atoms. The van der Waals surface area contributed by atoms with Crippen molar-refractivity contribution in [2.24, 2.45) is 5.92 Å². The van der Waals surface area contributed by atoms with Crippen molar-refractivity contribution in [3.05, 3.63) is 0 Å². The van der Waals surface area contributed by atoms with E-state index in [1.54, 1.807) is 4.31 Å². The summed E-state index contributed by atoms with van der Waals surface area (Å²) in [5, 5.41) is 3.16. The van der Waals surface area contributed by atoms with Crippen molar-refractivity contribution in [3.63, 3.8) is 0 Å². The van der Waals surface area contributed by atoms with E-state index in [0.717, 1.165) is 32.6 Å². The van der Waals surface area contributed by atoms with Crippen LogP contribution < -0.4 is 10.0 Å². The molecule has 2 heterocycles. The van der Waals surface area contributed by atoms with Gasteiger partial charge in [0, 0.05) is 45.3 Å². The molecule has 7 heteroatoms. The SMILES string of the molecule is CC(C)N1CCC(CNS(=O)(=O)N2CCNCC2)C1. The molecule has 2 rings (SSSR count).